The van der Waals surface area contributed by atoms with Crippen molar-refractivity contribution in [1.29, 1.82) is 0 Å². The summed E-state index contributed by atoms with van der Waals surface area (Å²) in [5.41, 5.74) is 1.08. The average Bonchev–Trinajstić information content (AvgIpc) is 2.39. The van der Waals surface area contributed by atoms with E-state index in [1.807, 2.05) is 42.5 Å². The molecule has 0 saturated heterocycles. The highest BCUT2D eigenvalue weighted by Crippen LogP contribution is 2.32. The van der Waals surface area contributed by atoms with E-state index in [2.05, 4.69) is 53.1 Å². The van der Waals surface area contributed by atoms with Crippen LogP contribution in [0.15, 0.2) is 55.9 Å². The van der Waals surface area contributed by atoms with E-state index < -0.39 is 0 Å². The SMILES string of the molecule is Brc1ccc(NCCOc2c(Br)cccc2Br)cc1. The molecule has 0 amide bonds. The summed E-state index contributed by atoms with van der Waals surface area (Å²) in [4.78, 5) is 0. The maximum Gasteiger partial charge on any atom is 0.147 e. The summed E-state index contributed by atoms with van der Waals surface area (Å²) >= 11 is 10.4. The van der Waals surface area contributed by atoms with Crippen molar-refractivity contribution >= 4 is 53.5 Å². The van der Waals surface area contributed by atoms with E-state index in [0.717, 1.165) is 31.4 Å². The Morgan fingerprint density at radius 2 is 1.53 bits per heavy atom. The Hall–Kier alpha value is -0.520. The minimum atomic E-state index is 0.595. The molecule has 0 aliphatic heterocycles. The van der Waals surface area contributed by atoms with Crippen LogP contribution in [-0.4, -0.2) is 13.2 Å². The minimum absolute atomic E-state index is 0.595. The van der Waals surface area contributed by atoms with E-state index >= 15 is 0 Å². The van der Waals surface area contributed by atoms with Crippen LogP contribution in [0.2, 0.25) is 0 Å². The zero-order chi connectivity index (χ0) is 13.7. The van der Waals surface area contributed by atoms with Gasteiger partial charge in [0.25, 0.3) is 0 Å². The number of hydrogen-bond donors (Lipinski definition) is 1. The lowest BCUT2D eigenvalue weighted by atomic mass is 10.3. The molecule has 5 heteroatoms. The lowest BCUT2D eigenvalue weighted by Crippen LogP contribution is -2.11. The van der Waals surface area contributed by atoms with E-state index in [1.165, 1.54) is 0 Å². The van der Waals surface area contributed by atoms with Crippen LogP contribution >= 0.6 is 47.8 Å². The molecule has 0 aliphatic rings. The topological polar surface area (TPSA) is 21.3 Å². The molecular formula is C14H12Br3NO. The predicted octanol–water partition coefficient (Wildman–Crippen LogP) is 5.47. The Kier molecular flexibility index (Phi) is 5.73. The third-order valence-electron chi connectivity index (χ3n) is 2.44. The number of ether oxygens (including phenoxy) is 1. The van der Waals surface area contributed by atoms with Gasteiger partial charge in [-0.05, 0) is 68.3 Å². The van der Waals surface area contributed by atoms with Crippen molar-refractivity contribution in [2.75, 3.05) is 18.5 Å². The monoisotopic (exact) mass is 447 g/mol. The second kappa shape index (κ2) is 7.31. The molecule has 0 aromatic heterocycles. The highest BCUT2D eigenvalue weighted by Gasteiger charge is 2.04. The van der Waals surface area contributed by atoms with Gasteiger partial charge >= 0.3 is 0 Å². The molecule has 100 valence electrons. The molecule has 19 heavy (non-hydrogen) atoms. The molecule has 0 atom stereocenters. The van der Waals surface area contributed by atoms with Gasteiger partial charge < -0.3 is 10.1 Å². The molecule has 2 rings (SSSR count). The highest BCUT2D eigenvalue weighted by atomic mass is 79.9. The summed E-state index contributed by atoms with van der Waals surface area (Å²) in [5, 5.41) is 3.30. The van der Waals surface area contributed by atoms with Gasteiger partial charge in [0.15, 0.2) is 0 Å². The number of anilines is 1. The normalized spacial score (nSPS) is 10.3. The van der Waals surface area contributed by atoms with E-state index in [9.17, 15) is 0 Å². The Labute approximate surface area is 137 Å². The van der Waals surface area contributed by atoms with Crippen molar-refractivity contribution in [2.24, 2.45) is 0 Å². The van der Waals surface area contributed by atoms with Gasteiger partial charge in [-0.25, -0.2) is 0 Å². The van der Waals surface area contributed by atoms with Crippen LogP contribution in [-0.2, 0) is 0 Å². The molecule has 0 aliphatic carbocycles. The van der Waals surface area contributed by atoms with Gasteiger partial charge in [0.05, 0.1) is 8.95 Å². The molecule has 2 aromatic carbocycles. The van der Waals surface area contributed by atoms with Crippen LogP contribution in [0.4, 0.5) is 5.69 Å². The minimum Gasteiger partial charge on any atom is -0.489 e. The molecule has 2 aromatic rings. The molecule has 0 heterocycles. The first kappa shape index (κ1) is 14.9. The fraction of sp³-hybridized carbons (Fsp3) is 0.143. The number of para-hydroxylation sites is 1. The molecule has 0 fully saturated rings. The second-order valence-electron chi connectivity index (χ2n) is 3.83. The van der Waals surface area contributed by atoms with Gasteiger partial charge in [0.2, 0.25) is 0 Å². The van der Waals surface area contributed by atoms with E-state index in [1.54, 1.807) is 0 Å². The van der Waals surface area contributed by atoms with Crippen LogP contribution in [0.5, 0.6) is 5.75 Å². The average molecular weight is 450 g/mol. The first-order valence-electron chi connectivity index (χ1n) is 5.73. The van der Waals surface area contributed by atoms with Gasteiger partial charge in [0.1, 0.15) is 12.4 Å². The molecular weight excluding hydrogens is 438 g/mol. The highest BCUT2D eigenvalue weighted by molar-refractivity contribution is 9.11. The van der Waals surface area contributed by atoms with Crippen LogP contribution in [0.25, 0.3) is 0 Å². The fourth-order valence-corrected chi connectivity index (χ4v) is 3.03. The van der Waals surface area contributed by atoms with Crippen LogP contribution in [0.1, 0.15) is 0 Å². The Morgan fingerprint density at radius 1 is 0.895 bits per heavy atom. The zero-order valence-corrected chi connectivity index (χ0v) is 14.8. The lowest BCUT2D eigenvalue weighted by Gasteiger charge is -2.11. The molecule has 0 radical (unpaired) electrons. The third-order valence-corrected chi connectivity index (χ3v) is 4.22. The summed E-state index contributed by atoms with van der Waals surface area (Å²) in [5.74, 6) is 0.833. The summed E-state index contributed by atoms with van der Waals surface area (Å²) < 4.78 is 8.72. The Morgan fingerprint density at radius 3 is 2.16 bits per heavy atom. The van der Waals surface area contributed by atoms with E-state index in [-0.39, 0.29) is 0 Å². The van der Waals surface area contributed by atoms with Crippen LogP contribution in [0, 0.1) is 0 Å². The molecule has 0 unspecified atom stereocenters. The van der Waals surface area contributed by atoms with Crippen LogP contribution in [0.3, 0.4) is 0 Å². The van der Waals surface area contributed by atoms with Gasteiger partial charge in [-0.2, -0.15) is 0 Å². The van der Waals surface area contributed by atoms with Gasteiger partial charge in [0, 0.05) is 16.7 Å². The second-order valence-corrected chi connectivity index (χ2v) is 6.46. The number of halogens is 3. The summed E-state index contributed by atoms with van der Waals surface area (Å²) in [6, 6.07) is 13.9. The number of benzene rings is 2. The largest absolute Gasteiger partial charge is 0.489 e. The third kappa shape index (κ3) is 4.51. The van der Waals surface area contributed by atoms with Gasteiger partial charge in [-0.3, -0.25) is 0 Å². The van der Waals surface area contributed by atoms with Gasteiger partial charge in [-0.15, -0.1) is 0 Å². The smallest absolute Gasteiger partial charge is 0.147 e. The van der Waals surface area contributed by atoms with Crippen molar-refractivity contribution in [1.82, 2.24) is 0 Å². The quantitative estimate of drug-likeness (QED) is 0.611. The van der Waals surface area contributed by atoms with Crippen molar-refractivity contribution in [3.05, 3.63) is 55.9 Å². The first-order chi connectivity index (χ1) is 9.16. The fourth-order valence-electron chi connectivity index (χ4n) is 1.54. The number of nitrogens with one attached hydrogen (secondary N) is 1. The molecule has 1 N–H and O–H groups in total. The first-order valence-corrected chi connectivity index (χ1v) is 8.11. The molecule has 0 bridgehead atoms. The van der Waals surface area contributed by atoms with Crippen molar-refractivity contribution in [3.8, 4) is 5.75 Å². The van der Waals surface area contributed by atoms with E-state index in [4.69, 9.17) is 4.74 Å². The number of hydrogen-bond acceptors (Lipinski definition) is 2. The Balaban J connectivity index is 1.82. The molecule has 2 nitrogen and oxygen atoms in total. The summed E-state index contributed by atoms with van der Waals surface area (Å²) in [6.07, 6.45) is 0. The maximum atomic E-state index is 5.75. The predicted molar refractivity (Wildman–Crippen MR) is 90.0 cm³/mol. The van der Waals surface area contributed by atoms with Crippen molar-refractivity contribution in [3.63, 3.8) is 0 Å². The molecule has 0 saturated carbocycles. The van der Waals surface area contributed by atoms with Gasteiger partial charge in [-0.1, -0.05) is 22.0 Å². The number of rotatable bonds is 5. The van der Waals surface area contributed by atoms with Crippen molar-refractivity contribution < 1.29 is 4.74 Å². The summed E-state index contributed by atoms with van der Waals surface area (Å²) in [6.45, 7) is 1.34. The van der Waals surface area contributed by atoms with Crippen LogP contribution < -0.4 is 10.1 Å². The lowest BCUT2D eigenvalue weighted by molar-refractivity contribution is 0.329. The van der Waals surface area contributed by atoms with E-state index in [0.29, 0.717) is 6.61 Å². The Bertz CT molecular complexity index is 523. The molecule has 0 spiro atoms. The summed E-state index contributed by atoms with van der Waals surface area (Å²) in [7, 11) is 0. The standard InChI is InChI=1S/C14H12Br3NO/c15-10-4-6-11(7-5-10)18-8-9-19-14-12(16)2-1-3-13(14)17/h1-7,18H,8-9H2. The van der Waals surface area contributed by atoms with Crippen molar-refractivity contribution in [2.45, 2.75) is 0 Å². The maximum absolute atomic E-state index is 5.75. The zero-order valence-electron chi connectivity index (χ0n) is 10.00.